The van der Waals surface area contributed by atoms with E-state index in [9.17, 15) is 9.59 Å². The third-order valence-electron chi connectivity index (χ3n) is 4.15. The molecule has 0 radical (unpaired) electrons. The van der Waals surface area contributed by atoms with Gasteiger partial charge in [0, 0.05) is 25.1 Å². The van der Waals surface area contributed by atoms with Crippen LogP contribution < -0.4 is 5.32 Å². The summed E-state index contributed by atoms with van der Waals surface area (Å²) in [5.74, 6) is -0.311. The van der Waals surface area contributed by atoms with E-state index in [0.717, 1.165) is 28.6 Å². The monoisotopic (exact) mass is 335 g/mol. The van der Waals surface area contributed by atoms with E-state index < -0.39 is 0 Å². The smallest absolute Gasteiger partial charge is 0.244 e. The van der Waals surface area contributed by atoms with Crippen LogP contribution in [0.4, 0.5) is 5.69 Å². The number of carbonyl (C=O) groups is 2. The van der Waals surface area contributed by atoms with Crippen molar-refractivity contribution in [3.05, 3.63) is 66.4 Å². The molecule has 3 aromatic rings. The molecule has 0 atom stereocenters. The highest BCUT2D eigenvalue weighted by atomic mass is 16.2. The molecule has 3 rings (SSSR count). The number of aromatic amines is 1. The Morgan fingerprint density at radius 3 is 2.60 bits per heavy atom. The van der Waals surface area contributed by atoms with Crippen molar-refractivity contribution in [1.29, 1.82) is 0 Å². The summed E-state index contributed by atoms with van der Waals surface area (Å²) in [6.07, 6.45) is 2.56. The van der Waals surface area contributed by atoms with Gasteiger partial charge in [-0.25, -0.2) is 0 Å². The molecule has 2 N–H and O–H groups in total. The van der Waals surface area contributed by atoms with Gasteiger partial charge in [-0.15, -0.1) is 0 Å². The molecule has 0 unspecified atom stereocenters. The van der Waals surface area contributed by atoms with Crippen LogP contribution in [-0.4, -0.2) is 34.8 Å². The summed E-state index contributed by atoms with van der Waals surface area (Å²) in [5, 5.41) is 3.92. The predicted octanol–water partition coefficient (Wildman–Crippen LogP) is 3.20. The number of benzene rings is 2. The van der Waals surface area contributed by atoms with E-state index in [1.807, 2.05) is 60.8 Å². The quantitative estimate of drug-likeness (QED) is 0.726. The number of hydrogen-bond acceptors (Lipinski definition) is 2. The maximum atomic E-state index is 12.4. The lowest BCUT2D eigenvalue weighted by Gasteiger charge is -2.20. The van der Waals surface area contributed by atoms with E-state index in [0.29, 0.717) is 6.54 Å². The second kappa shape index (κ2) is 7.66. The number of nitrogens with one attached hydrogen (secondary N) is 2. The van der Waals surface area contributed by atoms with E-state index in [1.165, 1.54) is 6.92 Å². The molecule has 25 heavy (non-hydrogen) atoms. The van der Waals surface area contributed by atoms with Gasteiger partial charge in [0.25, 0.3) is 0 Å². The molecule has 0 bridgehead atoms. The zero-order valence-corrected chi connectivity index (χ0v) is 14.2. The van der Waals surface area contributed by atoms with Gasteiger partial charge in [0.15, 0.2) is 0 Å². The average molecular weight is 335 g/mol. The lowest BCUT2D eigenvalue weighted by Crippen LogP contribution is -2.38. The molecule has 1 aromatic heterocycles. The molecule has 0 aliphatic heterocycles. The number of aromatic nitrogens is 1. The Morgan fingerprint density at radius 1 is 1.04 bits per heavy atom. The molecule has 2 amide bonds. The van der Waals surface area contributed by atoms with Crippen LogP contribution in [0.25, 0.3) is 10.9 Å². The number of nitrogens with zero attached hydrogens (tertiary/aromatic N) is 1. The van der Waals surface area contributed by atoms with Gasteiger partial charge in [-0.3, -0.25) is 9.59 Å². The summed E-state index contributed by atoms with van der Waals surface area (Å²) in [4.78, 5) is 28.9. The van der Waals surface area contributed by atoms with E-state index in [-0.39, 0.29) is 18.4 Å². The van der Waals surface area contributed by atoms with Crippen LogP contribution in [0.2, 0.25) is 0 Å². The maximum Gasteiger partial charge on any atom is 0.244 e. The van der Waals surface area contributed by atoms with Crippen molar-refractivity contribution in [3.63, 3.8) is 0 Å². The molecular weight excluding hydrogens is 314 g/mol. The Labute approximate surface area is 146 Å². The number of carbonyl (C=O) groups excluding carboxylic acids is 2. The molecule has 0 aliphatic rings. The molecule has 0 spiro atoms. The van der Waals surface area contributed by atoms with Gasteiger partial charge in [-0.05, 0) is 24.1 Å². The Balaban J connectivity index is 1.62. The van der Waals surface area contributed by atoms with Crippen LogP contribution in [0.5, 0.6) is 0 Å². The summed E-state index contributed by atoms with van der Waals surface area (Å²) >= 11 is 0. The SMILES string of the molecule is CC(=O)N(CCc1ccccc1)CC(=O)Nc1cccc2cc[nH]c12. The molecule has 0 aliphatic carbocycles. The van der Waals surface area contributed by atoms with Crippen LogP contribution in [0.15, 0.2) is 60.8 Å². The highest BCUT2D eigenvalue weighted by Gasteiger charge is 2.14. The maximum absolute atomic E-state index is 12.4. The fourth-order valence-corrected chi connectivity index (χ4v) is 2.81. The number of hydrogen-bond donors (Lipinski definition) is 2. The number of rotatable bonds is 6. The van der Waals surface area contributed by atoms with E-state index in [1.54, 1.807) is 4.90 Å². The Kier molecular flexibility index (Phi) is 5.14. The standard InChI is InChI=1S/C20H21N3O2/c1-15(24)23(13-11-16-6-3-2-4-7-16)14-19(25)22-18-9-5-8-17-10-12-21-20(17)18/h2-10,12,21H,11,13-14H2,1H3,(H,22,25). The first-order valence-corrected chi connectivity index (χ1v) is 8.29. The molecular formula is C20H21N3O2. The van der Waals surface area contributed by atoms with Crippen molar-refractivity contribution in [1.82, 2.24) is 9.88 Å². The summed E-state index contributed by atoms with van der Waals surface area (Å²) in [7, 11) is 0. The first-order chi connectivity index (χ1) is 12.1. The van der Waals surface area contributed by atoms with Gasteiger partial charge in [0.1, 0.15) is 0 Å². The van der Waals surface area contributed by atoms with Crippen molar-refractivity contribution in [2.24, 2.45) is 0 Å². The second-order valence-corrected chi connectivity index (χ2v) is 5.97. The summed E-state index contributed by atoms with van der Waals surface area (Å²) < 4.78 is 0. The van der Waals surface area contributed by atoms with Crippen LogP contribution in [-0.2, 0) is 16.0 Å². The zero-order chi connectivity index (χ0) is 17.6. The number of amides is 2. The van der Waals surface area contributed by atoms with Crippen LogP contribution in [0, 0.1) is 0 Å². The largest absolute Gasteiger partial charge is 0.359 e. The topological polar surface area (TPSA) is 65.2 Å². The first-order valence-electron chi connectivity index (χ1n) is 8.29. The minimum absolute atomic E-state index is 0.0409. The van der Waals surface area contributed by atoms with Crippen molar-refractivity contribution >= 4 is 28.4 Å². The summed E-state index contributed by atoms with van der Waals surface area (Å²) in [6.45, 7) is 2.04. The molecule has 5 heteroatoms. The van der Waals surface area contributed by atoms with E-state index in [2.05, 4.69) is 10.3 Å². The molecule has 1 heterocycles. The fraction of sp³-hybridized carbons (Fsp3) is 0.200. The Hall–Kier alpha value is -3.08. The highest BCUT2D eigenvalue weighted by molar-refractivity contribution is 6.01. The zero-order valence-electron chi connectivity index (χ0n) is 14.2. The molecule has 0 fully saturated rings. The predicted molar refractivity (Wildman–Crippen MR) is 99.3 cm³/mol. The number of fused-ring (bicyclic) bond motifs is 1. The third kappa shape index (κ3) is 4.26. The normalized spacial score (nSPS) is 10.6. The van der Waals surface area contributed by atoms with Gasteiger partial charge in [-0.2, -0.15) is 0 Å². The van der Waals surface area contributed by atoms with Crippen LogP contribution >= 0.6 is 0 Å². The van der Waals surface area contributed by atoms with Crippen LogP contribution in [0.1, 0.15) is 12.5 Å². The minimum Gasteiger partial charge on any atom is -0.359 e. The van der Waals surface area contributed by atoms with Crippen molar-refractivity contribution < 1.29 is 9.59 Å². The highest BCUT2D eigenvalue weighted by Crippen LogP contribution is 2.21. The van der Waals surface area contributed by atoms with Gasteiger partial charge in [0.2, 0.25) is 11.8 Å². The lowest BCUT2D eigenvalue weighted by molar-refractivity contribution is -0.132. The van der Waals surface area contributed by atoms with Crippen molar-refractivity contribution in [2.75, 3.05) is 18.4 Å². The minimum atomic E-state index is -0.203. The summed E-state index contributed by atoms with van der Waals surface area (Å²) in [6, 6.07) is 17.6. The molecule has 0 saturated carbocycles. The Morgan fingerprint density at radius 2 is 1.84 bits per heavy atom. The Bertz CT molecular complexity index is 871. The fourth-order valence-electron chi connectivity index (χ4n) is 2.81. The number of para-hydroxylation sites is 1. The average Bonchev–Trinajstić information content (AvgIpc) is 3.09. The molecule has 128 valence electrons. The number of anilines is 1. The van der Waals surface area contributed by atoms with Crippen LogP contribution in [0.3, 0.4) is 0 Å². The molecule has 0 saturated heterocycles. The lowest BCUT2D eigenvalue weighted by atomic mass is 10.1. The van der Waals surface area contributed by atoms with Gasteiger partial charge in [0.05, 0.1) is 17.7 Å². The van der Waals surface area contributed by atoms with Gasteiger partial charge < -0.3 is 15.2 Å². The molecule has 5 nitrogen and oxygen atoms in total. The van der Waals surface area contributed by atoms with E-state index >= 15 is 0 Å². The van der Waals surface area contributed by atoms with Crippen molar-refractivity contribution in [2.45, 2.75) is 13.3 Å². The first kappa shape index (κ1) is 16.8. The second-order valence-electron chi connectivity index (χ2n) is 5.97. The molecule has 2 aromatic carbocycles. The van der Waals surface area contributed by atoms with Gasteiger partial charge >= 0.3 is 0 Å². The van der Waals surface area contributed by atoms with E-state index in [4.69, 9.17) is 0 Å². The number of H-pyrrole nitrogens is 1. The van der Waals surface area contributed by atoms with Gasteiger partial charge in [-0.1, -0.05) is 42.5 Å². The summed E-state index contributed by atoms with van der Waals surface area (Å²) in [5.41, 5.74) is 2.75. The van der Waals surface area contributed by atoms with Crippen molar-refractivity contribution in [3.8, 4) is 0 Å². The third-order valence-corrected chi connectivity index (χ3v) is 4.15.